The Bertz CT molecular complexity index is 620. The van der Waals surface area contributed by atoms with Gasteiger partial charge < -0.3 is 10.5 Å². The molecule has 0 heterocycles. The number of hydrogen-bond acceptors (Lipinski definition) is 2. The average molecular weight is 283 g/mol. The van der Waals surface area contributed by atoms with E-state index in [4.69, 9.17) is 10.5 Å². The van der Waals surface area contributed by atoms with Crippen molar-refractivity contribution in [1.29, 1.82) is 0 Å². The Morgan fingerprint density at radius 2 is 1.62 bits per heavy atom. The smallest absolute Gasteiger partial charge is 0.119 e. The van der Waals surface area contributed by atoms with Gasteiger partial charge >= 0.3 is 0 Å². The summed E-state index contributed by atoms with van der Waals surface area (Å²) in [6.45, 7) is 8.65. The molecule has 0 aliphatic rings. The molecule has 0 fully saturated rings. The second-order valence-electron chi connectivity index (χ2n) is 5.84. The predicted octanol–water partition coefficient (Wildman–Crippen LogP) is 4.17. The second-order valence-corrected chi connectivity index (χ2v) is 5.84. The van der Waals surface area contributed by atoms with Gasteiger partial charge in [0.05, 0.1) is 7.11 Å². The molecule has 0 spiro atoms. The van der Waals surface area contributed by atoms with Crippen LogP contribution in [0.1, 0.15) is 39.4 Å². The van der Waals surface area contributed by atoms with Crippen LogP contribution in [0.15, 0.2) is 30.3 Å². The van der Waals surface area contributed by atoms with Crippen LogP contribution in [0.25, 0.3) is 0 Å². The summed E-state index contributed by atoms with van der Waals surface area (Å²) >= 11 is 0. The van der Waals surface area contributed by atoms with Gasteiger partial charge in [0.15, 0.2) is 0 Å². The zero-order valence-electron chi connectivity index (χ0n) is 13.7. The second kappa shape index (κ2) is 6.31. The van der Waals surface area contributed by atoms with Crippen LogP contribution in [-0.2, 0) is 6.42 Å². The van der Waals surface area contributed by atoms with Crippen LogP contribution in [0.5, 0.6) is 5.75 Å². The number of nitrogens with two attached hydrogens (primary N) is 1. The fourth-order valence-corrected chi connectivity index (χ4v) is 2.96. The van der Waals surface area contributed by atoms with Crippen molar-refractivity contribution in [2.24, 2.45) is 5.73 Å². The number of ether oxygens (including phenoxy) is 1. The Labute approximate surface area is 127 Å². The molecule has 0 saturated heterocycles. The Balaban J connectivity index is 2.34. The summed E-state index contributed by atoms with van der Waals surface area (Å²) in [4.78, 5) is 0. The van der Waals surface area contributed by atoms with E-state index in [1.54, 1.807) is 7.11 Å². The maximum atomic E-state index is 6.52. The Hall–Kier alpha value is -1.80. The minimum absolute atomic E-state index is 0.00991. The number of methoxy groups -OCH3 is 1. The molecule has 2 heteroatoms. The number of rotatable bonds is 4. The molecule has 1 unspecified atom stereocenters. The summed E-state index contributed by atoms with van der Waals surface area (Å²) < 4.78 is 5.29. The SMILES string of the molecule is COc1cccc(CC(N)c2c(C)c(C)cc(C)c2C)c1. The minimum Gasteiger partial charge on any atom is -0.497 e. The monoisotopic (exact) mass is 283 g/mol. The zero-order valence-corrected chi connectivity index (χ0v) is 13.7. The summed E-state index contributed by atoms with van der Waals surface area (Å²) in [5.41, 5.74) is 14.3. The highest BCUT2D eigenvalue weighted by Gasteiger charge is 2.16. The maximum Gasteiger partial charge on any atom is 0.119 e. The molecule has 0 saturated carbocycles. The number of benzene rings is 2. The van der Waals surface area contributed by atoms with Crippen LogP contribution in [0.4, 0.5) is 0 Å². The van der Waals surface area contributed by atoms with E-state index in [-0.39, 0.29) is 6.04 Å². The van der Waals surface area contributed by atoms with Gasteiger partial charge in [-0.15, -0.1) is 0 Å². The van der Waals surface area contributed by atoms with E-state index in [0.29, 0.717) is 0 Å². The molecule has 112 valence electrons. The van der Waals surface area contributed by atoms with Crippen LogP contribution < -0.4 is 10.5 Å². The van der Waals surface area contributed by atoms with Crippen LogP contribution in [0.3, 0.4) is 0 Å². The van der Waals surface area contributed by atoms with Gasteiger partial charge in [-0.2, -0.15) is 0 Å². The van der Waals surface area contributed by atoms with Gasteiger partial charge in [-0.25, -0.2) is 0 Å². The van der Waals surface area contributed by atoms with E-state index >= 15 is 0 Å². The molecule has 2 aromatic rings. The molecule has 0 aliphatic heterocycles. The topological polar surface area (TPSA) is 35.2 Å². The molecule has 0 bridgehead atoms. The van der Waals surface area contributed by atoms with Crippen LogP contribution in [0.2, 0.25) is 0 Å². The lowest BCUT2D eigenvalue weighted by Gasteiger charge is -2.21. The van der Waals surface area contributed by atoms with E-state index in [9.17, 15) is 0 Å². The molecule has 2 aromatic carbocycles. The third-order valence-electron chi connectivity index (χ3n) is 4.38. The third-order valence-corrected chi connectivity index (χ3v) is 4.38. The van der Waals surface area contributed by atoms with Crippen molar-refractivity contribution in [1.82, 2.24) is 0 Å². The van der Waals surface area contributed by atoms with Crippen LogP contribution in [-0.4, -0.2) is 7.11 Å². The molecule has 0 amide bonds. The minimum atomic E-state index is 0.00991. The standard InChI is InChI=1S/C19H25NO/c1-12-9-13(2)15(4)19(14(12)3)18(20)11-16-7-6-8-17(10-16)21-5/h6-10,18H,11,20H2,1-5H3. The Morgan fingerprint density at radius 1 is 1.00 bits per heavy atom. The molecule has 0 radical (unpaired) electrons. The van der Waals surface area contributed by atoms with Crippen molar-refractivity contribution in [3.8, 4) is 5.75 Å². The van der Waals surface area contributed by atoms with Gasteiger partial charge in [-0.05, 0) is 79.6 Å². The lowest BCUT2D eigenvalue weighted by Crippen LogP contribution is -2.17. The summed E-state index contributed by atoms with van der Waals surface area (Å²) in [7, 11) is 1.69. The van der Waals surface area contributed by atoms with Crippen molar-refractivity contribution in [3.63, 3.8) is 0 Å². The molecule has 1 atom stereocenters. The van der Waals surface area contributed by atoms with Crippen molar-refractivity contribution in [2.75, 3.05) is 7.11 Å². The molecular weight excluding hydrogens is 258 g/mol. The van der Waals surface area contributed by atoms with E-state index in [1.165, 1.54) is 33.4 Å². The molecule has 0 aromatic heterocycles. The van der Waals surface area contributed by atoms with Crippen molar-refractivity contribution in [2.45, 2.75) is 40.2 Å². The van der Waals surface area contributed by atoms with Crippen LogP contribution in [0, 0.1) is 27.7 Å². The van der Waals surface area contributed by atoms with Gasteiger partial charge in [0.2, 0.25) is 0 Å². The molecule has 21 heavy (non-hydrogen) atoms. The fourth-order valence-electron chi connectivity index (χ4n) is 2.96. The first kappa shape index (κ1) is 15.6. The van der Waals surface area contributed by atoms with Gasteiger partial charge in [-0.1, -0.05) is 18.2 Å². The van der Waals surface area contributed by atoms with Crippen molar-refractivity contribution in [3.05, 3.63) is 63.7 Å². The van der Waals surface area contributed by atoms with Gasteiger partial charge in [0, 0.05) is 6.04 Å². The predicted molar refractivity (Wildman–Crippen MR) is 89.0 cm³/mol. The first-order chi connectivity index (χ1) is 9.93. The maximum absolute atomic E-state index is 6.52. The van der Waals surface area contributed by atoms with Crippen molar-refractivity contribution >= 4 is 0 Å². The normalized spacial score (nSPS) is 12.3. The Kier molecular flexibility index (Phi) is 4.69. The number of hydrogen-bond donors (Lipinski definition) is 1. The highest BCUT2D eigenvalue weighted by molar-refractivity contribution is 5.46. The van der Waals surface area contributed by atoms with E-state index in [2.05, 4.69) is 45.9 Å². The largest absolute Gasteiger partial charge is 0.497 e. The van der Waals surface area contributed by atoms with E-state index in [1.807, 2.05) is 12.1 Å². The molecule has 2 nitrogen and oxygen atoms in total. The fraction of sp³-hybridized carbons (Fsp3) is 0.368. The van der Waals surface area contributed by atoms with Crippen LogP contribution >= 0.6 is 0 Å². The van der Waals surface area contributed by atoms with Crippen molar-refractivity contribution < 1.29 is 4.74 Å². The number of aryl methyl sites for hydroxylation is 2. The highest BCUT2D eigenvalue weighted by Crippen LogP contribution is 2.28. The molecule has 2 rings (SSSR count). The Morgan fingerprint density at radius 3 is 2.19 bits per heavy atom. The summed E-state index contributed by atoms with van der Waals surface area (Å²) in [5.74, 6) is 0.883. The summed E-state index contributed by atoms with van der Waals surface area (Å²) in [6.07, 6.45) is 0.821. The first-order valence-corrected chi connectivity index (χ1v) is 7.39. The lowest BCUT2D eigenvalue weighted by atomic mass is 9.87. The first-order valence-electron chi connectivity index (χ1n) is 7.39. The summed E-state index contributed by atoms with van der Waals surface area (Å²) in [6, 6.07) is 10.4. The van der Waals surface area contributed by atoms with E-state index < -0.39 is 0 Å². The average Bonchev–Trinajstić information content (AvgIpc) is 2.45. The van der Waals surface area contributed by atoms with Gasteiger partial charge in [0.1, 0.15) is 5.75 Å². The quantitative estimate of drug-likeness (QED) is 0.914. The molecule has 0 aliphatic carbocycles. The third kappa shape index (κ3) is 3.27. The zero-order chi connectivity index (χ0) is 15.6. The van der Waals surface area contributed by atoms with E-state index in [0.717, 1.165) is 12.2 Å². The van der Waals surface area contributed by atoms with Gasteiger partial charge in [-0.3, -0.25) is 0 Å². The lowest BCUT2D eigenvalue weighted by molar-refractivity contribution is 0.414. The van der Waals surface area contributed by atoms with Gasteiger partial charge in [0.25, 0.3) is 0 Å². The highest BCUT2D eigenvalue weighted by atomic mass is 16.5. The molecular formula is C19H25NO. The molecule has 2 N–H and O–H groups in total. The summed E-state index contributed by atoms with van der Waals surface area (Å²) in [5, 5.41) is 0.